The van der Waals surface area contributed by atoms with Crippen molar-refractivity contribution in [1.82, 2.24) is 14.9 Å². The number of aliphatic hydroxyl groups excluding tert-OH is 2. The highest BCUT2D eigenvalue weighted by Crippen LogP contribution is 2.29. The predicted octanol–water partition coefficient (Wildman–Crippen LogP) is 3.16. The summed E-state index contributed by atoms with van der Waals surface area (Å²) in [7, 11) is 0. The van der Waals surface area contributed by atoms with Gasteiger partial charge in [0.05, 0.1) is 35.6 Å². The van der Waals surface area contributed by atoms with Crippen LogP contribution < -0.4 is 5.32 Å². The average Bonchev–Trinajstić information content (AvgIpc) is 3.14. The van der Waals surface area contributed by atoms with Crippen LogP contribution >= 0.6 is 22.9 Å². The van der Waals surface area contributed by atoms with Gasteiger partial charge >= 0.3 is 11.8 Å². The fraction of sp³-hybridized carbons (Fsp3) is 0.300. The van der Waals surface area contributed by atoms with Crippen LogP contribution in [-0.2, 0) is 0 Å². The predicted molar refractivity (Wildman–Crippen MR) is 117 cm³/mol. The van der Waals surface area contributed by atoms with Gasteiger partial charge in [0.15, 0.2) is 5.13 Å². The summed E-state index contributed by atoms with van der Waals surface area (Å²) in [5, 5.41) is 22.5. The number of fused-ring (bicyclic) bond motifs is 1. The van der Waals surface area contributed by atoms with Crippen LogP contribution in [0, 0.1) is 5.82 Å². The summed E-state index contributed by atoms with van der Waals surface area (Å²) in [6, 6.07) is 5.97. The maximum Gasteiger partial charge on any atom is 0.358 e. The molecule has 3 heterocycles. The summed E-state index contributed by atoms with van der Waals surface area (Å²) in [4.78, 5) is 22.9. The van der Waals surface area contributed by atoms with Gasteiger partial charge in [-0.25, -0.2) is 14.4 Å². The first-order chi connectivity index (χ1) is 14.9. The van der Waals surface area contributed by atoms with E-state index in [-0.39, 0.29) is 30.0 Å². The van der Waals surface area contributed by atoms with Crippen LogP contribution in [0.3, 0.4) is 0 Å². The molecule has 2 unspecified atom stereocenters. The largest absolute Gasteiger partial charge is 0.393 e. The zero-order valence-electron chi connectivity index (χ0n) is 16.5. The maximum atomic E-state index is 14.5. The summed E-state index contributed by atoms with van der Waals surface area (Å²) in [6.07, 6.45) is 1.83. The highest BCUT2D eigenvalue weighted by Gasteiger charge is 2.30. The van der Waals surface area contributed by atoms with Gasteiger partial charge < -0.3 is 15.1 Å². The molecule has 0 fully saturated rings. The lowest BCUT2D eigenvalue weighted by Gasteiger charge is -2.30. The molecule has 162 valence electrons. The molecule has 0 radical (unpaired) electrons. The number of rotatable bonds is 4. The highest BCUT2D eigenvalue weighted by atomic mass is 35.5. The lowest BCUT2D eigenvalue weighted by atomic mass is 10.1. The monoisotopic (exact) mass is 464 g/mol. The van der Waals surface area contributed by atoms with Gasteiger partial charge in [0.2, 0.25) is 5.82 Å². The fourth-order valence-corrected chi connectivity index (χ4v) is 4.47. The Balaban J connectivity index is 1.47. The standard InChI is InChI=1S/C20H19ClFN5O3S/c1-11-9-26(18-14(22)6-12(8-23-18)16(29)10-28)4-5-27(11)20(30)25-19-24-15-3-2-13(21)7-17(15)31-19/h2-4,6-8,11,16,28-29H,5,9-10H2,1H3/p+1. The Morgan fingerprint density at radius 1 is 1.48 bits per heavy atom. The van der Waals surface area contributed by atoms with Crippen molar-refractivity contribution in [1.29, 1.82) is 0 Å². The quantitative estimate of drug-likeness (QED) is 0.515. The number of thiazole rings is 1. The molecule has 4 rings (SSSR count). The van der Waals surface area contributed by atoms with Crippen LogP contribution in [0.15, 0.2) is 30.5 Å². The minimum Gasteiger partial charge on any atom is -0.393 e. The van der Waals surface area contributed by atoms with Gasteiger partial charge in [0.25, 0.3) is 0 Å². The number of anilines is 1. The highest BCUT2D eigenvalue weighted by molar-refractivity contribution is 7.22. The Labute approximate surface area is 186 Å². The van der Waals surface area contributed by atoms with E-state index in [1.165, 1.54) is 17.5 Å². The van der Waals surface area contributed by atoms with Gasteiger partial charge in [-0.05, 0) is 36.2 Å². The summed E-state index contributed by atoms with van der Waals surface area (Å²) < 4.78 is 17.0. The van der Waals surface area contributed by atoms with Crippen molar-refractivity contribution in [2.75, 3.05) is 25.0 Å². The molecule has 3 aromatic rings. The number of aliphatic hydroxyl groups is 2. The van der Waals surface area contributed by atoms with Crippen LogP contribution in [0.2, 0.25) is 5.02 Å². The van der Waals surface area contributed by atoms with Crippen LogP contribution in [0.5, 0.6) is 0 Å². The van der Waals surface area contributed by atoms with Gasteiger partial charge in [-0.3, -0.25) is 5.32 Å². The molecule has 2 aromatic heterocycles. The molecule has 3 N–H and O–H groups in total. The third kappa shape index (κ3) is 4.52. The van der Waals surface area contributed by atoms with Gasteiger partial charge in [-0.1, -0.05) is 22.9 Å². The lowest BCUT2D eigenvalue weighted by molar-refractivity contribution is -0.455. The summed E-state index contributed by atoms with van der Waals surface area (Å²) >= 11 is 7.34. The second-order valence-corrected chi connectivity index (χ2v) is 8.64. The number of carbonyl (C=O) groups is 1. The number of hydrogen-bond acceptors (Lipinski definition) is 6. The molecule has 1 aliphatic heterocycles. The van der Waals surface area contributed by atoms with Gasteiger partial charge in [0, 0.05) is 10.6 Å². The number of amides is 2. The molecule has 2 amide bonds. The third-order valence-corrected chi connectivity index (χ3v) is 6.16. The minimum absolute atomic E-state index is 0.101. The molecule has 0 aliphatic carbocycles. The Kier molecular flexibility index (Phi) is 6.15. The van der Waals surface area contributed by atoms with E-state index in [0.717, 1.165) is 16.3 Å². The normalized spacial score (nSPS) is 17.5. The third-order valence-electron chi connectivity index (χ3n) is 4.99. The van der Waals surface area contributed by atoms with Crippen LogP contribution in [0.1, 0.15) is 18.6 Å². The number of pyridine rings is 1. The number of hydrogen-bond donors (Lipinski definition) is 3. The Bertz CT molecular complexity index is 1170. The molecular weight excluding hydrogens is 445 g/mol. The van der Waals surface area contributed by atoms with Crippen molar-refractivity contribution in [2.45, 2.75) is 19.1 Å². The number of nitrogens with one attached hydrogen (secondary N) is 1. The topological polar surface area (TPSA) is 102 Å². The smallest absolute Gasteiger partial charge is 0.358 e. The van der Waals surface area contributed by atoms with E-state index >= 15 is 0 Å². The first-order valence-corrected chi connectivity index (χ1v) is 10.7. The first-order valence-electron chi connectivity index (χ1n) is 9.53. The molecule has 0 saturated heterocycles. The van der Waals surface area contributed by atoms with Gasteiger partial charge in [-0.2, -0.15) is 4.39 Å². The maximum absolute atomic E-state index is 14.5. The molecule has 1 aromatic carbocycles. The fourth-order valence-electron chi connectivity index (χ4n) is 3.34. The van der Waals surface area contributed by atoms with Gasteiger partial charge in [-0.15, -0.1) is 0 Å². The molecule has 0 bridgehead atoms. The number of halogens is 2. The summed E-state index contributed by atoms with van der Waals surface area (Å²) in [5.74, 6) is -0.511. The molecule has 1 aliphatic rings. The summed E-state index contributed by atoms with van der Waals surface area (Å²) in [5.41, 5.74) is 0.956. The lowest BCUT2D eigenvalue weighted by Crippen LogP contribution is -2.50. The summed E-state index contributed by atoms with van der Waals surface area (Å²) in [6.45, 7) is 1.94. The number of carbonyl (C=O) groups excluding carboxylic acids is 1. The van der Waals surface area contributed by atoms with E-state index in [4.69, 9.17) is 16.7 Å². The number of nitrogens with zero attached hydrogens (tertiary/aromatic N) is 4. The van der Waals surface area contributed by atoms with Crippen molar-refractivity contribution >= 4 is 56.3 Å². The Morgan fingerprint density at radius 2 is 2.29 bits per heavy atom. The zero-order valence-corrected chi connectivity index (χ0v) is 18.1. The molecule has 8 nitrogen and oxygen atoms in total. The van der Waals surface area contributed by atoms with E-state index in [1.54, 1.807) is 33.9 Å². The number of urea groups is 1. The van der Waals surface area contributed by atoms with Crippen molar-refractivity contribution < 1.29 is 24.0 Å². The molecule has 2 atom stereocenters. The molecule has 31 heavy (non-hydrogen) atoms. The average molecular weight is 465 g/mol. The Morgan fingerprint density at radius 3 is 3.00 bits per heavy atom. The first kappa shape index (κ1) is 21.6. The van der Waals surface area contributed by atoms with Crippen molar-refractivity contribution in [3.8, 4) is 0 Å². The van der Waals surface area contributed by atoms with Crippen molar-refractivity contribution in [3.63, 3.8) is 0 Å². The van der Waals surface area contributed by atoms with E-state index < -0.39 is 18.5 Å². The number of benzene rings is 1. The minimum atomic E-state index is -1.18. The van der Waals surface area contributed by atoms with Crippen molar-refractivity contribution in [2.24, 2.45) is 0 Å². The number of aromatic nitrogens is 2. The van der Waals surface area contributed by atoms with Crippen LogP contribution in [0.25, 0.3) is 10.2 Å². The van der Waals surface area contributed by atoms with Crippen LogP contribution in [-0.4, -0.2) is 67.6 Å². The van der Waals surface area contributed by atoms with Gasteiger partial charge in [0.1, 0.15) is 18.8 Å². The molecule has 11 heteroatoms. The molecular formula is C20H20ClFN5O3S+. The van der Waals surface area contributed by atoms with Crippen LogP contribution in [0.4, 0.5) is 20.1 Å². The molecule has 0 spiro atoms. The van der Waals surface area contributed by atoms with E-state index in [9.17, 15) is 14.3 Å². The second-order valence-electron chi connectivity index (χ2n) is 7.17. The molecule has 0 saturated carbocycles. The van der Waals surface area contributed by atoms with E-state index in [1.807, 2.05) is 6.92 Å². The second kappa shape index (κ2) is 8.83. The van der Waals surface area contributed by atoms with Crippen molar-refractivity contribution in [3.05, 3.63) is 46.9 Å². The van der Waals surface area contributed by atoms with E-state index in [2.05, 4.69) is 15.3 Å². The Hall–Kier alpha value is -2.66. The SMILES string of the molecule is CC1C[N+](c2ncc(C(O)CO)cc2F)=CCN1C(=O)Nc1nc2ccc(Cl)cc2s1. The van der Waals surface area contributed by atoms with E-state index in [0.29, 0.717) is 16.7 Å². The zero-order chi connectivity index (χ0) is 22.1.